The highest BCUT2D eigenvalue weighted by Crippen LogP contribution is 2.12. The Morgan fingerprint density at radius 1 is 1.19 bits per heavy atom. The molecule has 0 radical (unpaired) electrons. The highest BCUT2D eigenvalue weighted by molar-refractivity contribution is 7.89. The van der Waals surface area contributed by atoms with Gasteiger partial charge in [-0.3, -0.25) is 9.59 Å². The molecule has 2 rings (SSSR count). The molecule has 0 saturated heterocycles. The molecule has 10 heteroatoms. The number of esters is 1. The van der Waals surface area contributed by atoms with Crippen molar-refractivity contribution in [2.24, 2.45) is 5.92 Å². The van der Waals surface area contributed by atoms with Gasteiger partial charge >= 0.3 is 5.97 Å². The first-order valence-electron chi connectivity index (χ1n) is 7.74. The van der Waals surface area contributed by atoms with Crippen molar-refractivity contribution < 1.29 is 27.3 Å². The van der Waals surface area contributed by atoms with Crippen LogP contribution in [0.3, 0.4) is 0 Å². The van der Waals surface area contributed by atoms with Crippen LogP contribution in [0.1, 0.15) is 13.8 Å². The van der Waals surface area contributed by atoms with Crippen molar-refractivity contribution in [2.75, 3.05) is 11.9 Å². The van der Waals surface area contributed by atoms with E-state index in [9.17, 15) is 18.0 Å². The standard InChI is InChI=1S/C16H19N3O6S/c1-11(2)15(19-26(22,23)12-6-4-3-5-7-12)16(21)24-10-14(20)17-13-8-9-25-18-13/h3-9,11,15,19H,10H2,1-2H3,(H,17,18,20)/t15-/m0/s1. The van der Waals surface area contributed by atoms with E-state index in [0.717, 1.165) is 0 Å². The molecule has 0 saturated carbocycles. The highest BCUT2D eigenvalue weighted by atomic mass is 32.2. The number of nitrogens with zero attached hydrogens (tertiary/aromatic N) is 1. The van der Waals surface area contributed by atoms with Crippen molar-refractivity contribution in [1.82, 2.24) is 9.88 Å². The number of anilines is 1. The molecule has 9 nitrogen and oxygen atoms in total. The molecule has 2 N–H and O–H groups in total. The van der Waals surface area contributed by atoms with Crippen LogP contribution in [-0.4, -0.2) is 38.1 Å². The second-order valence-corrected chi connectivity index (χ2v) is 7.41. The van der Waals surface area contributed by atoms with Gasteiger partial charge in [-0.15, -0.1) is 0 Å². The van der Waals surface area contributed by atoms with Crippen LogP contribution in [0.5, 0.6) is 0 Å². The first kappa shape index (κ1) is 19.6. The Labute approximate surface area is 150 Å². The van der Waals surface area contributed by atoms with Crippen molar-refractivity contribution in [3.8, 4) is 0 Å². The Balaban J connectivity index is 1.98. The van der Waals surface area contributed by atoms with E-state index >= 15 is 0 Å². The van der Waals surface area contributed by atoms with Gasteiger partial charge in [-0.05, 0) is 18.1 Å². The van der Waals surface area contributed by atoms with Gasteiger partial charge in [0, 0.05) is 6.07 Å². The number of aromatic nitrogens is 1. The molecule has 0 bridgehead atoms. The minimum atomic E-state index is -3.90. The monoisotopic (exact) mass is 381 g/mol. The highest BCUT2D eigenvalue weighted by Gasteiger charge is 2.30. The van der Waals surface area contributed by atoms with Crippen molar-refractivity contribution in [1.29, 1.82) is 0 Å². The Kier molecular flexibility index (Phi) is 6.47. The van der Waals surface area contributed by atoms with Gasteiger partial charge in [-0.1, -0.05) is 37.2 Å². The average Bonchev–Trinajstić information content (AvgIpc) is 3.11. The fraction of sp³-hybridized carbons (Fsp3) is 0.312. The number of amides is 1. The lowest BCUT2D eigenvalue weighted by molar-refractivity contribution is -0.150. The van der Waals surface area contributed by atoms with Crippen LogP contribution in [0.15, 0.2) is 52.1 Å². The number of hydrogen-bond donors (Lipinski definition) is 2. The molecular formula is C16H19N3O6S. The minimum Gasteiger partial charge on any atom is -0.454 e. The largest absolute Gasteiger partial charge is 0.454 e. The van der Waals surface area contributed by atoms with Crippen LogP contribution in [-0.2, 0) is 24.3 Å². The number of carbonyl (C=O) groups is 2. The van der Waals surface area contributed by atoms with Crippen LogP contribution in [0.4, 0.5) is 5.82 Å². The summed E-state index contributed by atoms with van der Waals surface area (Å²) in [7, 11) is -3.90. The molecule has 0 unspecified atom stereocenters. The number of carbonyl (C=O) groups excluding carboxylic acids is 2. The van der Waals surface area contributed by atoms with Gasteiger partial charge in [0.05, 0.1) is 4.90 Å². The van der Waals surface area contributed by atoms with Gasteiger partial charge in [0.25, 0.3) is 5.91 Å². The lowest BCUT2D eigenvalue weighted by Crippen LogP contribution is -2.45. The first-order chi connectivity index (χ1) is 12.3. The number of sulfonamides is 1. The molecule has 1 aromatic heterocycles. The molecule has 0 aliphatic carbocycles. The average molecular weight is 381 g/mol. The van der Waals surface area contributed by atoms with Crippen molar-refractivity contribution >= 4 is 27.7 Å². The molecular weight excluding hydrogens is 362 g/mol. The second-order valence-electron chi connectivity index (χ2n) is 5.70. The number of ether oxygens (including phenoxy) is 1. The molecule has 140 valence electrons. The van der Waals surface area contributed by atoms with E-state index < -0.39 is 34.5 Å². The van der Waals surface area contributed by atoms with Crippen LogP contribution in [0, 0.1) is 5.92 Å². The molecule has 1 heterocycles. The Hall–Kier alpha value is -2.72. The molecule has 0 fully saturated rings. The quantitative estimate of drug-likeness (QED) is 0.657. The summed E-state index contributed by atoms with van der Waals surface area (Å²) in [5, 5.41) is 5.85. The number of nitrogens with one attached hydrogen (secondary N) is 2. The van der Waals surface area contributed by atoms with E-state index in [1.165, 1.54) is 24.5 Å². The van der Waals surface area contributed by atoms with Gasteiger partial charge in [0.2, 0.25) is 10.0 Å². The van der Waals surface area contributed by atoms with Crippen molar-refractivity contribution in [3.63, 3.8) is 0 Å². The molecule has 1 atom stereocenters. The summed E-state index contributed by atoms with van der Waals surface area (Å²) in [6.07, 6.45) is 1.27. The second kappa shape index (κ2) is 8.59. The van der Waals surface area contributed by atoms with Crippen molar-refractivity contribution in [3.05, 3.63) is 42.7 Å². The molecule has 1 amide bonds. The predicted molar refractivity (Wildman–Crippen MR) is 91.5 cm³/mol. The summed E-state index contributed by atoms with van der Waals surface area (Å²) in [6, 6.07) is 7.94. The summed E-state index contributed by atoms with van der Waals surface area (Å²) < 4.78 is 36.6. The number of benzene rings is 1. The first-order valence-corrected chi connectivity index (χ1v) is 9.22. The Morgan fingerprint density at radius 3 is 2.46 bits per heavy atom. The molecule has 2 aromatic rings. The fourth-order valence-electron chi connectivity index (χ4n) is 1.97. The van der Waals surface area contributed by atoms with Crippen molar-refractivity contribution in [2.45, 2.75) is 24.8 Å². The van der Waals surface area contributed by atoms with E-state index in [0.29, 0.717) is 0 Å². The van der Waals surface area contributed by atoms with Crippen LogP contribution < -0.4 is 10.0 Å². The lowest BCUT2D eigenvalue weighted by atomic mass is 10.1. The summed E-state index contributed by atoms with van der Waals surface area (Å²) in [6.45, 7) is 2.74. The maximum absolute atomic E-state index is 12.4. The third kappa shape index (κ3) is 5.39. The zero-order valence-corrected chi connectivity index (χ0v) is 15.0. The van der Waals surface area contributed by atoms with Gasteiger partial charge in [-0.2, -0.15) is 4.72 Å². The third-order valence-corrected chi connectivity index (χ3v) is 4.76. The zero-order chi connectivity index (χ0) is 19.2. The van der Waals surface area contributed by atoms with Gasteiger partial charge < -0.3 is 14.6 Å². The van der Waals surface area contributed by atoms with Crippen LogP contribution in [0.25, 0.3) is 0 Å². The molecule has 0 aliphatic heterocycles. The summed E-state index contributed by atoms with van der Waals surface area (Å²) in [5.74, 6) is -1.69. The molecule has 0 spiro atoms. The number of hydrogen-bond acceptors (Lipinski definition) is 7. The van der Waals surface area contributed by atoms with Gasteiger partial charge in [0.15, 0.2) is 12.4 Å². The Bertz CT molecular complexity index is 834. The summed E-state index contributed by atoms with van der Waals surface area (Å²) in [4.78, 5) is 24.0. The fourth-order valence-corrected chi connectivity index (χ4v) is 3.33. The summed E-state index contributed by atoms with van der Waals surface area (Å²) in [5.41, 5.74) is 0. The Morgan fingerprint density at radius 2 is 1.88 bits per heavy atom. The normalized spacial score (nSPS) is 12.6. The molecule has 26 heavy (non-hydrogen) atoms. The zero-order valence-electron chi connectivity index (χ0n) is 14.2. The van der Waals surface area contributed by atoms with E-state index in [1.807, 2.05) is 0 Å². The van der Waals surface area contributed by atoms with E-state index in [-0.39, 0.29) is 16.6 Å². The smallest absolute Gasteiger partial charge is 0.324 e. The van der Waals surface area contributed by atoms with E-state index in [4.69, 9.17) is 4.74 Å². The SMILES string of the molecule is CC(C)[C@H](NS(=O)(=O)c1ccccc1)C(=O)OCC(=O)Nc1ccon1. The van der Waals surface area contributed by atoms with E-state index in [2.05, 4.69) is 19.7 Å². The van der Waals surface area contributed by atoms with Crippen LogP contribution in [0.2, 0.25) is 0 Å². The lowest BCUT2D eigenvalue weighted by Gasteiger charge is -2.20. The molecule has 1 aromatic carbocycles. The maximum atomic E-state index is 12.4. The summed E-state index contributed by atoms with van der Waals surface area (Å²) >= 11 is 0. The van der Waals surface area contributed by atoms with Gasteiger partial charge in [-0.25, -0.2) is 8.42 Å². The number of rotatable bonds is 8. The predicted octanol–water partition coefficient (Wildman–Crippen LogP) is 1.16. The van der Waals surface area contributed by atoms with E-state index in [1.54, 1.807) is 32.0 Å². The molecule has 0 aliphatic rings. The topological polar surface area (TPSA) is 128 Å². The maximum Gasteiger partial charge on any atom is 0.324 e. The van der Waals surface area contributed by atoms with Gasteiger partial charge in [0.1, 0.15) is 12.3 Å². The minimum absolute atomic E-state index is 0.0298. The third-order valence-electron chi connectivity index (χ3n) is 3.31. The van der Waals surface area contributed by atoms with Crippen LogP contribution >= 0.6 is 0 Å².